The fraction of sp³-hybridized carbons (Fsp3) is 0.697. The van der Waals surface area contributed by atoms with Gasteiger partial charge in [-0.25, -0.2) is 4.79 Å². The van der Waals surface area contributed by atoms with E-state index >= 15 is 0 Å². The van der Waals surface area contributed by atoms with Gasteiger partial charge in [0.1, 0.15) is 0 Å². The Morgan fingerprint density at radius 3 is 2.48 bits per heavy atom. The van der Waals surface area contributed by atoms with Crippen molar-refractivity contribution in [2.45, 2.75) is 116 Å². The number of ether oxygens (including phenoxy) is 6. The van der Waals surface area contributed by atoms with Crippen molar-refractivity contribution >= 4 is 20.7 Å². The van der Waals surface area contributed by atoms with Crippen LogP contribution in [0.3, 0.4) is 0 Å². The third-order valence-corrected chi connectivity index (χ3v) is 8.16. The highest BCUT2D eigenvalue weighted by molar-refractivity contribution is 7.36. The summed E-state index contributed by atoms with van der Waals surface area (Å²) in [6, 6.07) is 0. The average molecular weight is 643 g/mol. The molecule has 1 aliphatic heterocycles. The van der Waals surface area contributed by atoms with Gasteiger partial charge in [-0.05, 0) is 56.5 Å². The van der Waals surface area contributed by atoms with Crippen molar-refractivity contribution in [3.8, 4) is 0 Å². The summed E-state index contributed by atoms with van der Waals surface area (Å²) in [5.74, 6) is -1.58. The highest BCUT2D eigenvalue weighted by Crippen LogP contribution is 2.47. The molecule has 0 aliphatic carbocycles. The second-order valence-corrected chi connectivity index (χ2v) is 12.2. The second-order valence-electron chi connectivity index (χ2n) is 11.4. The number of methoxy groups -OCH3 is 3. The van der Waals surface area contributed by atoms with Crippen molar-refractivity contribution < 1.29 is 47.6 Å². The number of carbonyl (C=O) groups excluding carboxylic acids is 2. The molecule has 0 saturated carbocycles. The fourth-order valence-electron chi connectivity index (χ4n) is 4.79. The van der Waals surface area contributed by atoms with E-state index < -0.39 is 47.7 Å². The molecule has 1 unspecified atom stereocenters. The molecule has 0 aromatic carbocycles. The van der Waals surface area contributed by atoms with Gasteiger partial charge in [0.25, 0.3) is 0 Å². The van der Waals surface area contributed by atoms with E-state index in [0.29, 0.717) is 25.0 Å². The molecule has 1 saturated heterocycles. The van der Waals surface area contributed by atoms with Gasteiger partial charge in [-0.3, -0.25) is 4.79 Å². The van der Waals surface area contributed by atoms with Gasteiger partial charge in [0.05, 0.1) is 25.4 Å². The molecule has 6 atom stereocenters. The number of unbranched alkanes of at least 4 members (excludes halogenated alkanes) is 3. The van der Waals surface area contributed by atoms with E-state index in [0.717, 1.165) is 25.7 Å². The first-order chi connectivity index (χ1) is 20.9. The lowest BCUT2D eigenvalue weighted by atomic mass is 9.74. The maximum atomic E-state index is 13.1. The first kappa shape index (κ1) is 40.1. The quantitative estimate of drug-likeness (QED) is 0.0368. The monoisotopic (exact) mass is 642 g/mol. The van der Waals surface area contributed by atoms with Crippen LogP contribution in [-0.4, -0.2) is 81.5 Å². The van der Waals surface area contributed by atoms with Crippen LogP contribution in [-0.2, 0) is 42.5 Å². The summed E-state index contributed by atoms with van der Waals surface area (Å²) in [6.07, 6.45) is 7.77. The zero-order chi connectivity index (χ0) is 33.2. The molecular formula is C33H55O10P. The lowest BCUT2D eigenvalue weighted by Crippen LogP contribution is -2.62. The predicted molar refractivity (Wildman–Crippen MR) is 172 cm³/mol. The van der Waals surface area contributed by atoms with Gasteiger partial charge in [-0.2, -0.15) is 0 Å². The summed E-state index contributed by atoms with van der Waals surface area (Å²) >= 11 is 0. The Morgan fingerprint density at radius 1 is 1.18 bits per heavy atom. The normalized spacial score (nSPS) is 23.3. The molecule has 0 spiro atoms. The minimum Gasteiger partial charge on any atom is -0.466 e. The van der Waals surface area contributed by atoms with Gasteiger partial charge in [-0.15, -0.1) is 6.58 Å². The molecule has 0 aromatic heterocycles. The SMILES string of the molecule is C=CCCCCC(=O)O[C@H]1/C(=C/C(=O)OC)C[C@@H](C[C@@H](OPC=C)[C@@H](C)OCCCC)O[C@@]1(O)C(C)(C)/C=C/C(OC)OC. The van der Waals surface area contributed by atoms with Crippen molar-refractivity contribution in [3.05, 3.63) is 48.9 Å². The zero-order valence-electron chi connectivity index (χ0n) is 27.7. The van der Waals surface area contributed by atoms with E-state index in [2.05, 4.69) is 20.1 Å². The molecule has 0 radical (unpaired) electrons. The van der Waals surface area contributed by atoms with Crippen LogP contribution in [0.15, 0.2) is 48.9 Å². The summed E-state index contributed by atoms with van der Waals surface area (Å²) in [6.45, 7) is 15.6. The molecule has 1 N–H and O–H groups in total. The minimum atomic E-state index is -2.10. The maximum Gasteiger partial charge on any atom is 0.330 e. The zero-order valence-corrected chi connectivity index (χ0v) is 28.7. The van der Waals surface area contributed by atoms with E-state index in [-0.39, 0.29) is 27.8 Å². The van der Waals surface area contributed by atoms with E-state index in [1.807, 2.05) is 6.92 Å². The van der Waals surface area contributed by atoms with Gasteiger partial charge in [0.2, 0.25) is 5.79 Å². The molecule has 10 nitrogen and oxygen atoms in total. The number of carbonyl (C=O) groups is 2. The smallest absolute Gasteiger partial charge is 0.330 e. The van der Waals surface area contributed by atoms with Gasteiger partial charge in [0.15, 0.2) is 12.4 Å². The number of rotatable bonds is 22. The van der Waals surface area contributed by atoms with Crippen molar-refractivity contribution in [2.75, 3.05) is 27.9 Å². The standard InChI is InChI=1S/C33H55O10P/c1-10-13-15-16-17-28(34)41-31-25(22-29(35)37-7)21-26(23-27(43-44-12-3)24(4)40-20-14-11-2)42-33(31,36)32(5,6)19-18-30(38-8)39-9/h10,12,18-19,22,24,26-27,30-31,36,44H,1,3,11,13-17,20-21,23H2,2,4-9H3/b19-18+,25-22+/t24-,26+,27-,31+,33-/m1/s1. The Hall–Kier alpha value is -1.91. The lowest BCUT2D eigenvalue weighted by molar-refractivity contribution is -0.327. The number of allylic oxidation sites excluding steroid dienone is 1. The lowest BCUT2D eigenvalue weighted by Gasteiger charge is -2.51. The van der Waals surface area contributed by atoms with Crippen LogP contribution in [0.2, 0.25) is 0 Å². The molecule has 1 heterocycles. The largest absolute Gasteiger partial charge is 0.466 e. The van der Waals surface area contributed by atoms with Gasteiger partial charge in [0, 0.05) is 54.0 Å². The fourth-order valence-corrected chi connectivity index (χ4v) is 5.35. The van der Waals surface area contributed by atoms with Crippen LogP contribution < -0.4 is 0 Å². The Kier molecular flexibility index (Phi) is 19.1. The molecule has 0 amide bonds. The second kappa shape index (κ2) is 21.0. The Labute approximate surface area is 266 Å². The molecule has 0 bridgehead atoms. The number of hydrogen-bond donors (Lipinski definition) is 1. The van der Waals surface area contributed by atoms with Crippen molar-refractivity contribution in [3.63, 3.8) is 0 Å². The van der Waals surface area contributed by atoms with Crippen molar-refractivity contribution in [2.24, 2.45) is 5.41 Å². The third-order valence-electron chi connectivity index (χ3n) is 7.55. The number of aliphatic hydroxyl groups is 1. The Balaban J connectivity index is 3.58. The van der Waals surface area contributed by atoms with Crippen LogP contribution in [0, 0.1) is 5.41 Å². The summed E-state index contributed by atoms with van der Waals surface area (Å²) in [7, 11) is 4.29. The summed E-state index contributed by atoms with van der Waals surface area (Å²) in [4.78, 5) is 25.6. The highest BCUT2D eigenvalue weighted by Gasteiger charge is 2.57. The first-order valence-electron chi connectivity index (χ1n) is 15.3. The van der Waals surface area contributed by atoms with E-state index in [1.165, 1.54) is 27.4 Å². The Bertz CT molecular complexity index is 945. The predicted octanol–water partition coefficient (Wildman–Crippen LogP) is 6.14. The molecule has 1 rings (SSSR count). The summed E-state index contributed by atoms with van der Waals surface area (Å²) < 4.78 is 40.2. The van der Waals surface area contributed by atoms with Crippen LogP contribution in [0.1, 0.15) is 79.1 Å². The van der Waals surface area contributed by atoms with E-state index in [1.54, 1.807) is 37.9 Å². The molecule has 11 heteroatoms. The van der Waals surface area contributed by atoms with E-state index in [9.17, 15) is 14.7 Å². The highest BCUT2D eigenvalue weighted by atomic mass is 31.1. The molecule has 252 valence electrons. The summed E-state index contributed by atoms with van der Waals surface area (Å²) in [5.41, 5.74) is -0.803. The third kappa shape index (κ3) is 12.8. The average Bonchev–Trinajstić information content (AvgIpc) is 2.99. The van der Waals surface area contributed by atoms with Crippen molar-refractivity contribution in [1.29, 1.82) is 0 Å². The topological polar surface area (TPSA) is 119 Å². The molecule has 1 aliphatic rings. The summed E-state index contributed by atoms with van der Waals surface area (Å²) in [5, 5.41) is 12.5. The van der Waals surface area contributed by atoms with Gasteiger partial charge < -0.3 is 38.1 Å². The number of hydrogen-bond acceptors (Lipinski definition) is 10. The molecule has 0 aromatic rings. The minimum absolute atomic E-state index is 0.0299. The van der Waals surface area contributed by atoms with Crippen LogP contribution in [0.4, 0.5) is 0 Å². The van der Waals surface area contributed by atoms with Crippen molar-refractivity contribution in [1.82, 2.24) is 0 Å². The van der Waals surface area contributed by atoms with Crippen LogP contribution >= 0.6 is 8.81 Å². The molecule has 44 heavy (non-hydrogen) atoms. The number of esters is 2. The van der Waals surface area contributed by atoms with Crippen LogP contribution in [0.25, 0.3) is 0 Å². The van der Waals surface area contributed by atoms with E-state index in [4.69, 9.17) is 32.9 Å². The van der Waals surface area contributed by atoms with Gasteiger partial charge in [-0.1, -0.05) is 45.9 Å². The Morgan fingerprint density at radius 2 is 1.89 bits per heavy atom. The maximum absolute atomic E-state index is 13.1. The first-order valence-corrected chi connectivity index (χ1v) is 16.3. The molecule has 1 fully saturated rings. The van der Waals surface area contributed by atoms with Crippen LogP contribution in [0.5, 0.6) is 0 Å². The molecular weight excluding hydrogens is 587 g/mol. The van der Waals surface area contributed by atoms with Gasteiger partial charge >= 0.3 is 11.9 Å².